The largest absolute Gasteiger partial charge is 0.343 e. The molecule has 0 radical (unpaired) electrons. The first-order valence-electron chi connectivity index (χ1n) is 4.40. The lowest BCUT2D eigenvalue weighted by molar-refractivity contribution is 1.33. The molecule has 2 rings (SSSR count). The predicted molar refractivity (Wildman–Crippen MR) is 64.3 cm³/mol. The number of imidazole rings is 1. The van der Waals surface area contributed by atoms with Gasteiger partial charge < -0.3 is 4.98 Å². The molecule has 4 nitrogen and oxygen atoms in total. The lowest BCUT2D eigenvalue weighted by Crippen LogP contribution is -1.85. The van der Waals surface area contributed by atoms with E-state index in [1.807, 2.05) is 6.92 Å². The van der Waals surface area contributed by atoms with Gasteiger partial charge >= 0.3 is 0 Å². The predicted octanol–water partition coefficient (Wildman–Crippen LogP) is 3.21. The molecule has 1 aromatic carbocycles. The monoisotopic (exact) mass is 252 g/mol. The fourth-order valence-electron chi connectivity index (χ4n) is 1.52. The van der Waals surface area contributed by atoms with Gasteiger partial charge in [0, 0.05) is 5.56 Å². The Balaban J connectivity index is 2.82. The standard InChI is InChI=1S/C10H6Cl2N4/c1-5-7(16-10(11)12)2-6(3-13)9-8(5)14-4-15-9/h2,4H,1H3,(H,14,15). The second-order valence-corrected chi connectivity index (χ2v) is 4.07. The lowest BCUT2D eigenvalue weighted by atomic mass is 10.1. The van der Waals surface area contributed by atoms with Crippen molar-refractivity contribution in [2.45, 2.75) is 6.92 Å². The van der Waals surface area contributed by atoms with Crippen LogP contribution in [0.5, 0.6) is 0 Å². The average molecular weight is 253 g/mol. The van der Waals surface area contributed by atoms with Crippen LogP contribution in [0.15, 0.2) is 17.4 Å². The van der Waals surface area contributed by atoms with E-state index in [9.17, 15) is 0 Å². The van der Waals surface area contributed by atoms with Crippen molar-refractivity contribution in [2.24, 2.45) is 4.99 Å². The summed E-state index contributed by atoms with van der Waals surface area (Å²) < 4.78 is -0.0955. The summed E-state index contributed by atoms with van der Waals surface area (Å²) in [5.41, 5.74) is 3.24. The number of halogens is 2. The highest BCUT2D eigenvalue weighted by Gasteiger charge is 2.10. The van der Waals surface area contributed by atoms with Crippen molar-refractivity contribution in [3.63, 3.8) is 0 Å². The zero-order valence-electron chi connectivity index (χ0n) is 8.25. The van der Waals surface area contributed by atoms with Crippen molar-refractivity contribution < 1.29 is 0 Å². The number of aryl methyl sites for hydroxylation is 1. The molecule has 6 heteroatoms. The maximum Gasteiger partial charge on any atom is 0.197 e. The fraction of sp³-hybridized carbons (Fsp3) is 0.100. The number of hydrogen-bond donors (Lipinski definition) is 1. The number of nitrogens with one attached hydrogen (secondary N) is 1. The number of fused-ring (bicyclic) bond motifs is 1. The third kappa shape index (κ3) is 1.75. The van der Waals surface area contributed by atoms with Gasteiger partial charge in [-0.2, -0.15) is 5.26 Å². The molecule has 0 saturated carbocycles. The molecule has 0 amide bonds. The third-order valence-electron chi connectivity index (χ3n) is 2.25. The normalized spacial score (nSPS) is 10.1. The maximum atomic E-state index is 8.99. The number of aromatic amines is 1. The first-order chi connectivity index (χ1) is 7.63. The summed E-state index contributed by atoms with van der Waals surface area (Å²) in [6.45, 7) is 1.85. The summed E-state index contributed by atoms with van der Waals surface area (Å²) in [7, 11) is 0. The highest BCUT2D eigenvalue weighted by Crippen LogP contribution is 2.29. The molecule has 0 saturated heterocycles. The molecule has 80 valence electrons. The first kappa shape index (κ1) is 10.9. The van der Waals surface area contributed by atoms with Crippen molar-refractivity contribution in [1.29, 1.82) is 5.26 Å². The topological polar surface area (TPSA) is 64.8 Å². The van der Waals surface area contributed by atoms with Crippen LogP contribution >= 0.6 is 23.2 Å². The Morgan fingerprint density at radius 3 is 2.94 bits per heavy atom. The Morgan fingerprint density at radius 1 is 1.56 bits per heavy atom. The summed E-state index contributed by atoms with van der Waals surface area (Å²) in [4.78, 5) is 11.0. The van der Waals surface area contributed by atoms with Crippen LogP contribution in [0, 0.1) is 18.3 Å². The second-order valence-electron chi connectivity index (χ2n) is 3.16. The Morgan fingerprint density at radius 2 is 2.31 bits per heavy atom. The van der Waals surface area contributed by atoms with Gasteiger partial charge in [0.05, 0.1) is 28.6 Å². The molecular weight excluding hydrogens is 247 g/mol. The molecule has 0 spiro atoms. The fourth-order valence-corrected chi connectivity index (χ4v) is 1.70. The summed E-state index contributed by atoms with van der Waals surface area (Å²) in [5, 5.41) is 8.99. The molecular formula is C10H6Cl2N4. The van der Waals surface area contributed by atoms with Crippen LogP contribution in [0.3, 0.4) is 0 Å². The van der Waals surface area contributed by atoms with Gasteiger partial charge in [-0.25, -0.2) is 9.98 Å². The van der Waals surface area contributed by atoms with Crippen LogP contribution in [0.25, 0.3) is 11.0 Å². The van der Waals surface area contributed by atoms with Crippen molar-refractivity contribution in [2.75, 3.05) is 0 Å². The van der Waals surface area contributed by atoms with Gasteiger partial charge in [-0.05, 0) is 36.2 Å². The molecule has 16 heavy (non-hydrogen) atoms. The highest BCUT2D eigenvalue weighted by molar-refractivity contribution is 6.95. The van der Waals surface area contributed by atoms with Crippen LogP contribution in [0.2, 0.25) is 0 Å². The first-order valence-corrected chi connectivity index (χ1v) is 5.15. The number of aromatic nitrogens is 2. The van der Waals surface area contributed by atoms with Gasteiger partial charge in [-0.3, -0.25) is 0 Å². The van der Waals surface area contributed by atoms with Crippen molar-refractivity contribution in [3.05, 3.63) is 23.5 Å². The van der Waals surface area contributed by atoms with E-state index in [4.69, 9.17) is 28.5 Å². The van der Waals surface area contributed by atoms with Gasteiger partial charge in [-0.1, -0.05) is 0 Å². The summed E-state index contributed by atoms with van der Waals surface area (Å²) >= 11 is 11.0. The average Bonchev–Trinajstić information content (AvgIpc) is 2.70. The zero-order valence-corrected chi connectivity index (χ0v) is 9.76. The number of rotatable bonds is 1. The van der Waals surface area contributed by atoms with Crippen molar-refractivity contribution in [1.82, 2.24) is 9.97 Å². The van der Waals surface area contributed by atoms with Crippen LogP contribution in [0.4, 0.5) is 5.69 Å². The molecule has 0 fully saturated rings. The molecule has 2 aromatic rings. The minimum Gasteiger partial charge on any atom is -0.343 e. The van der Waals surface area contributed by atoms with E-state index >= 15 is 0 Å². The molecule has 0 aliphatic rings. The van der Waals surface area contributed by atoms with Gasteiger partial charge in [0.2, 0.25) is 0 Å². The Bertz CT molecular complexity index is 618. The van der Waals surface area contributed by atoms with Crippen LogP contribution in [-0.4, -0.2) is 14.6 Å². The molecule has 1 aromatic heterocycles. The lowest BCUT2D eigenvalue weighted by Gasteiger charge is -2.02. The molecule has 1 heterocycles. The van der Waals surface area contributed by atoms with E-state index < -0.39 is 0 Å². The molecule has 1 N–H and O–H groups in total. The summed E-state index contributed by atoms with van der Waals surface area (Å²) in [6, 6.07) is 3.70. The van der Waals surface area contributed by atoms with Gasteiger partial charge in [0.25, 0.3) is 0 Å². The number of hydrogen-bond acceptors (Lipinski definition) is 3. The molecule has 0 aliphatic heterocycles. The van der Waals surface area contributed by atoms with E-state index in [-0.39, 0.29) is 4.63 Å². The van der Waals surface area contributed by atoms with Gasteiger partial charge in [-0.15, -0.1) is 0 Å². The highest BCUT2D eigenvalue weighted by atomic mass is 35.5. The minimum absolute atomic E-state index is 0.0955. The Kier molecular flexibility index (Phi) is 2.82. The third-order valence-corrected chi connectivity index (χ3v) is 2.42. The summed E-state index contributed by atoms with van der Waals surface area (Å²) in [5.74, 6) is 0. The van der Waals surface area contributed by atoms with E-state index in [1.165, 1.54) is 6.33 Å². The maximum absolute atomic E-state index is 8.99. The van der Waals surface area contributed by atoms with E-state index in [0.29, 0.717) is 22.3 Å². The number of aliphatic imine (C=N–C) groups is 1. The Labute approximate surface area is 102 Å². The molecule has 0 aliphatic carbocycles. The van der Waals surface area contributed by atoms with E-state index in [0.717, 1.165) is 5.56 Å². The van der Waals surface area contributed by atoms with Crippen molar-refractivity contribution in [3.8, 4) is 6.07 Å². The van der Waals surface area contributed by atoms with Crippen LogP contribution < -0.4 is 0 Å². The van der Waals surface area contributed by atoms with Crippen LogP contribution in [0.1, 0.15) is 11.1 Å². The smallest absolute Gasteiger partial charge is 0.197 e. The zero-order chi connectivity index (χ0) is 11.7. The minimum atomic E-state index is -0.0955. The quantitative estimate of drug-likeness (QED) is 0.793. The number of nitrogens with zero attached hydrogens (tertiary/aromatic N) is 3. The molecule has 0 unspecified atom stereocenters. The summed E-state index contributed by atoms with van der Waals surface area (Å²) in [6.07, 6.45) is 1.54. The Hall–Kier alpha value is -1.57. The number of nitriles is 1. The SMILES string of the molecule is Cc1c(N=C(Cl)Cl)cc(C#N)c2[nH]cnc12. The van der Waals surface area contributed by atoms with Crippen LogP contribution in [-0.2, 0) is 0 Å². The number of benzene rings is 1. The van der Waals surface area contributed by atoms with Gasteiger partial charge in [0.1, 0.15) is 6.07 Å². The van der Waals surface area contributed by atoms with E-state index in [2.05, 4.69) is 21.0 Å². The molecule has 0 bridgehead atoms. The second kappa shape index (κ2) is 4.12. The van der Waals surface area contributed by atoms with Crippen molar-refractivity contribution >= 4 is 44.6 Å². The van der Waals surface area contributed by atoms with Gasteiger partial charge in [0.15, 0.2) is 4.63 Å². The molecule has 0 atom stereocenters. The number of H-pyrrole nitrogens is 1. The van der Waals surface area contributed by atoms with E-state index in [1.54, 1.807) is 6.07 Å².